The zero-order valence-corrected chi connectivity index (χ0v) is 8.50. The van der Waals surface area contributed by atoms with Gasteiger partial charge in [0, 0.05) is 5.56 Å². The van der Waals surface area contributed by atoms with Gasteiger partial charge in [0.25, 0.3) is 0 Å². The molecule has 0 saturated heterocycles. The predicted octanol–water partition coefficient (Wildman–Crippen LogP) is 3.69. The molecule has 1 aromatic rings. The first-order chi connectivity index (χ1) is 6.31. The second kappa shape index (κ2) is 3.64. The summed E-state index contributed by atoms with van der Waals surface area (Å²) in [5, 5.41) is 0. The molecule has 0 nitrogen and oxygen atoms in total. The van der Waals surface area contributed by atoms with E-state index in [0.717, 1.165) is 12.1 Å². The lowest BCUT2D eigenvalue weighted by molar-refractivity contribution is 0.383. The van der Waals surface area contributed by atoms with Crippen LogP contribution in [0.3, 0.4) is 0 Å². The van der Waals surface area contributed by atoms with Crippen LogP contribution in [0, 0.1) is 22.9 Å². The van der Waals surface area contributed by atoms with Crippen molar-refractivity contribution in [3.05, 3.63) is 35.1 Å². The zero-order chi connectivity index (χ0) is 10.9. The van der Waals surface area contributed by atoms with Gasteiger partial charge in [0.1, 0.15) is 5.82 Å². The zero-order valence-electron chi connectivity index (χ0n) is 8.50. The SMILES string of the molecule is CC(C)(C)Cc1c(F)ccc(F)c1F. The van der Waals surface area contributed by atoms with Gasteiger partial charge < -0.3 is 0 Å². The standard InChI is InChI=1S/C11H13F3/c1-11(2,3)6-7-8(12)4-5-9(13)10(7)14/h4-5H,6H2,1-3H3. The lowest BCUT2D eigenvalue weighted by Crippen LogP contribution is -2.13. The van der Waals surface area contributed by atoms with Crippen LogP contribution in [-0.2, 0) is 6.42 Å². The number of benzene rings is 1. The molecule has 14 heavy (non-hydrogen) atoms. The quantitative estimate of drug-likeness (QED) is 0.609. The van der Waals surface area contributed by atoms with Crippen LogP contribution in [0.15, 0.2) is 12.1 Å². The van der Waals surface area contributed by atoms with Gasteiger partial charge in [0.05, 0.1) is 0 Å². The third-order valence-electron chi connectivity index (χ3n) is 1.85. The van der Waals surface area contributed by atoms with E-state index < -0.39 is 17.5 Å². The Balaban J connectivity index is 3.13. The number of halogens is 3. The molecular weight excluding hydrogens is 189 g/mol. The van der Waals surface area contributed by atoms with E-state index in [1.807, 2.05) is 20.8 Å². The van der Waals surface area contributed by atoms with Crippen molar-refractivity contribution in [2.24, 2.45) is 5.41 Å². The van der Waals surface area contributed by atoms with Crippen LogP contribution in [0.5, 0.6) is 0 Å². The summed E-state index contributed by atoms with van der Waals surface area (Å²) < 4.78 is 39.1. The summed E-state index contributed by atoms with van der Waals surface area (Å²) in [7, 11) is 0. The van der Waals surface area contributed by atoms with E-state index in [1.54, 1.807) is 0 Å². The van der Waals surface area contributed by atoms with Crippen molar-refractivity contribution in [1.29, 1.82) is 0 Å². The van der Waals surface area contributed by atoms with Crippen LogP contribution in [0.2, 0.25) is 0 Å². The molecule has 0 radical (unpaired) electrons. The number of hydrogen-bond acceptors (Lipinski definition) is 0. The minimum atomic E-state index is -1.07. The Morgan fingerprint density at radius 3 is 2.00 bits per heavy atom. The van der Waals surface area contributed by atoms with E-state index in [9.17, 15) is 13.2 Å². The van der Waals surface area contributed by atoms with Crippen LogP contribution in [0.1, 0.15) is 26.3 Å². The highest BCUT2D eigenvalue weighted by Crippen LogP contribution is 2.25. The van der Waals surface area contributed by atoms with Gasteiger partial charge in [-0.1, -0.05) is 20.8 Å². The molecule has 3 heteroatoms. The highest BCUT2D eigenvalue weighted by molar-refractivity contribution is 5.22. The first kappa shape index (κ1) is 11.1. The molecule has 0 aliphatic rings. The van der Waals surface area contributed by atoms with Crippen molar-refractivity contribution in [3.8, 4) is 0 Å². The summed E-state index contributed by atoms with van der Waals surface area (Å²) in [6, 6.07) is 1.76. The molecule has 0 amide bonds. The van der Waals surface area contributed by atoms with E-state index in [0.29, 0.717) is 0 Å². The lowest BCUT2D eigenvalue weighted by atomic mass is 9.87. The number of hydrogen-bond donors (Lipinski definition) is 0. The van der Waals surface area contributed by atoms with Crippen LogP contribution >= 0.6 is 0 Å². The Morgan fingerprint density at radius 1 is 1.00 bits per heavy atom. The van der Waals surface area contributed by atoms with Gasteiger partial charge in [-0.2, -0.15) is 0 Å². The van der Waals surface area contributed by atoms with E-state index in [1.165, 1.54) is 0 Å². The third kappa shape index (κ3) is 2.50. The summed E-state index contributed by atoms with van der Waals surface area (Å²) in [6.45, 7) is 5.53. The summed E-state index contributed by atoms with van der Waals surface area (Å²) in [5.74, 6) is -2.75. The van der Waals surface area contributed by atoms with Crippen LogP contribution in [0.25, 0.3) is 0 Å². The lowest BCUT2D eigenvalue weighted by Gasteiger charge is -2.18. The molecule has 0 aliphatic carbocycles. The van der Waals surface area contributed by atoms with Crippen molar-refractivity contribution in [3.63, 3.8) is 0 Å². The monoisotopic (exact) mass is 202 g/mol. The molecule has 0 saturated carbocycles. The fourth-order valence-corrected chi connectivity index (χ4v) is 1.26. The van der Waals surface area contributed by atoms with Crippen molar-refractivity contribution >= 4 is 0 Å². The molecule has 1 rings (SSSR count). The van der Waals surface area contributed by atoms with Crippen molar-refractivity contribution < 1.29 is 13.2 Å². The van der Waals surface area contributed by atoms with Gasteiger partial charge in [-0.15, -0.1) is 0 Å². The van der Waals surface area contributed by atoms with Gasteiger partial charge in [-0.3, -0.25) is 0 Å². The van der Waals surface area contributed by atoms with Crippen LogP contribution in [-0.4, -0.2) is 0 Å². The largest absolute Gasteiger partial charge is 0.207 e. The maximum Gasteiger partial charge on any atom is 0.164 e. The second-order valence-corrected chi connectivity index (χ2v) is 4.56. The van der Waals surface area contributed by atoms with E-state index in [-0.39, 0.29) is 17.4 Å². The second-order valence-electron chi connectivity index (χ2n) is 4.56. The molecule has 0 heterocycles. The maximum atomic E-state index is 13.2. The average Bonchev–Trinajstić information content (AvgIpc) is 2.04. The van der Waals surface area contributed by atoms with Gasteiger partial charge in [0.15, 0.2) is 11.6 Å². The molecule has 0 atom stereocenters. The molecule has 0 N–H and O–H groups in total. The molecule has 0 aliphatic heterocycles. The van der Waals surface area contributed by atoms with Gasteiger partial charge in [-0.05, 0) is 24.0 Å². The molecule has 0 bridgehead atoms. The smallest absolute Gasteiger partial charge is 0.164 e. The van der Waals surface area contributed by atoms with Crippen LogP contribution < -0.4 is 0 Å². The van der Waals surface area contributed by atoms with Crippen molar-refractivity contribution in [2.75, 3.05) is 0 Å². The Bertz CT molecular complexity index is 337. The first-order valence-electron chi connectivity index (χ1n) is 4.43. The van der Waals surface area contributed by atoms with Crippen molar-refractivity contribution in [1.82, 2.24) is 0 Å². The molecule has 0 aromatic heterocycles. The Hall–Kier alpha value is -0.990. The van der Waals surface area contributed by atoms with Crippen LogP contribution in [0.4, 0.5) is 13.2 Å². The molecule has 0 fully saturated rings. The van der Waals surface area contributed by atoms with Gasteiger partial charge in [0.2, 0.25) is 0 Å². The van der Waals surface area contributed by atoms with Crippen molar-refractivity contribution in [2.45, 2.75) is 27.2 Å². The topological polar surface area (TPSA) is 0 Å². The van der Waals surface area contributed by atoms with E-state index in [2.05, 4.69) is 0 Å². The molecule has 0 unspecified atom stereocenters. The van der Waals surface area contributed by atoms with Gasteiger partial charge in [-0.25, -0.2) is 13.2 Å². The first-order valence-corrected chi connectivity index (χ1v) is 4.43. The molecule has 0 spiro atoms. The summed E-state index contributed by atoms with van der Waals surface area (Å²) >= 11 is 0. The molecular formula is C11H13F3. The maximum absolute atomic E-state index is 13.2. The van der Waals surface area contributed by atoms with E-state index in [4.69, 9.17) is 0 Å². The predicted molar refractivity (Wildman–Crippen MR) is 49.5 cm³/mol. The minimum Gasteiger partial charge on any atom is -0.207 e. The fourth-order valence-electron chi connectivity index (χ4n) is 1.26. The minimum absolute atomic E-state index is 0.169. The normalized spacial score (nSPS) is 11.9. The summed E-state index contributed by atoms with van der Waals surface area (Å²) in [6.07, 6.45) is 0.183. The van der Waals surface area contributed by atoms with Gasteiger partial charge >= 0.3 is 0 Å². The average molecular weight is 202 g/mol. The summed E-state index contributed by atoms with van der Waals surface area (Å²) in [5.41, 5.74) is -0.437. The Morgan fingerprint density at radius 2 is 1.50 bits per heavy atom. The molecule has 78 valence electrons. The Kier molecular flexibility index (Phi) is 2.88. The Labute approximate surface area is 81.8 Å². The highest BCUT2D eigenvalue weighted by atomic mass is 19.2. The highest BCUT2D eigenvalue weighted by Gasteiger charge is 2.20. The summed E-state index contributed by atoms with van der Waals surface area (Å²) in [4.78, 5) is 0. The third-order valence-corrected chi connectivity index (χ3v) is 1.85. The van der Waals surface area contributed by atoms with E-state index >= 15 is 0 Å². The molecule has 1 aromatic carbocycles. The number of rotatable bonds is 1. The fraction of sp³-hybridized carbons (Fsp3) is 0.455.